The number of rotatable bonds is 13. The molecule has 2 aromatic carbocycles. The van der Waals surface area contributed by atoms with E-state index in [0.29, 0.717) is 18.1 Å². The molecule has 0 bridgehead atoms. The van der Waals surface area contributed by atoms with Crippen molar-refractivity contribution in [2.45, 2.75) is 56.1 Å². The fourth-order valence-electron chi connectivity index (χ4n) is 5.08. The van der Waals surface area contributed by atoms with Gasteiger partial charge in [-0.05, 0) is 60.7 Å². The number of methoxy groups -OCH3 is 2. The molecule has 2 aliphatic heterocycles. The van der Waals surface area contributed by atoms with E-state index in [-0.39, 0.29) is 49.1 Å². The summed E-state index contributed by atoms with van der Waals surface area (Å²) in [6.45, 7) is 4.52. The van der Waals surface area contributed by atoms with Gasteiger partial charge in [0.2, 0.25) is 10.0 Å². The maximum absolute atomic E-state index is 13.6. The zero-order valence-corrected chi connectivity index (χ0v) is 24.7. The Balaban J connectivity index is 1.53. The Bertz CT molecular complexity index is 1240. The van der Waals surface area contributed by atoms with E-state index in [4.69, 9.17) is 23.7 Å². The summed E-state index contributed by atoms with van der Waals surface area (Å²) in [7, 11) is -0.888. The number of amides is 1. The molecular formula is C29H40N2O9S. The highest BCUT2D eigenvalue weighted by molar-refractivity contribution is 7.89. The van der Waals surface area contributed by atoms with Gasteiger partial charge >= 0.3 is 6.09 Å². The first-order valence-electron chi connectivity index (χ1n) is 13.8. The predicted octanol–water partition coefficient (Wildman–Crippen LogP) is 2.81. The van der Waals surface area contributed by atoms with Crippen LogP contribution in [0.25, 0.3) is 0 Å². The molecule has 0 unspecified atom stereocenters. The molecule has 1 amide bonds. The van der Waals surface area contributed by atoms with Crippen LogP contribution in [0.1, 0.15) is 25.8 Å². The molecular weight excluding hydrogens is 552 g/mol. The standard InChI is InChI=1S/C29H40N2O9S/c1-19(2)16-31(41(34,35)23-11-9-22(37-4)10-12-23)17-26(32)25(15-20-5-7-21(36-3)8-6-20)30-29(33)40-27-18-39-28-24(27)13-14-38-28/h5-12,19,24-28,32H,13-18H2,1-4H3,(H,30,33)/t24-,25-,26+,27-,28+/m0/s1. The minimum atomic E-state index is -3.96. The Morgan fingerprint density at radius 2 is 1.66 bits per heavy atom. The first-order chi connectivity index (χ1) is 19.6. The van der Waals surface area contributed by atoms with Crippen molar-refractivity contribution in [2.24, 2.45) is 11.8 Å². The summed E-state index contributed by atoms with van der Waals surface area (Å²) >= 11 is 0. The zero-order chi connectivity index (χ0) is 29.6. The van der Waals surface area contributed by atoms with Crippen molar-refractivity contribution in [3.8, 4) is 11.5 Å². The van der Waals surface area contributed by atoms with Gasteiger partial charge in [-0.3, -0.25) is 0 Å². The van der Waals surface area contributed by atoms with Gasteiger partial charge in [0.1, 0.15) is 17.6 Å². The number of hydrogen-bond acceptors (Lipinski definition) is 9. The van der Waals surface area contributed by atoms with Gasteiger partial charge in [-0.1, -0.05) is 26.0 Å². The van der Waals surface area contributed by atoms with Gasteiger partial charge in [0, 0.05) is 13.1 Å². The van der Waals surface area contributed by atoms with Crippen molar-refractivity contribution >= 4 is 16.1 Å². The molecule has 0 saturated carbocycles. The first-order valence-corrected chi connectivity index (χ1v) is 15.2. The number of nitrogens with one attached hydrogen (secondary N) is 1. The lowest BCUT2D eigenvalue weighted by molar-refractivity contribution is -0.0907. The van der Waals surface area contributed by atoms with Crippen LogP contribution in [-0.4, -0.2) is 89.0 Å². The summed E-state index contributed by atoms with van der Waals surface area (Å²) in [5.41, 5.74) is 0.817. The van der Waals surface area contributed by atoms with E-state index in [1.165, 1.54) is 23.5 Å². The van der Waals surface area contributed by atoms with Gasteiger partial charge in [0.25, 0.3) is 0 Å². The second-order valence-corrected chi connectivity index (χ2v) is 12.7. The Hall–Kier alpha value is -2.90. The third-order valence-electron chi connectivity index (χ3n) is 7.28. The van der Waals surface area contributed by atoms with E-state index in [0.717, 1.165) is 12.0 Å². The normalized spacial score (nSPS) is 21.9. The molecule has 4 rings (SSSR count). The largest absolute Gasteiger partial charge is 0.497 e. The van der Waals surface area contributed by atoms with E-state index in [2.05, 4.69) is 5.32 Å². The third-order valence-corrected chi connectivity index (χ3v) is 9.13. The molecule has 0 spiro atoms. The summed E-state index contributed by atoms with van der Waals surface area (Å²) in [4.78, 5) is 13.1. The molecule has 2 N–H and O–H groups in total. The SMILES string of the molecule is COc1ccc(C[C@H](NC(=O)O[C@H]2CO[C@H]3OCC[C@H]32)[C@H](O)CN(CC(C)C)S(=O)(=O)c2ccc(OC)cc2)cc1. The van der Waals surface area contributed by atoms with Crippen LogP contribution in [0.4, 0.5) is 4.79 Å². The minimum absolute atomic E-state index is 0.0165. The van der Waals surface area contributed by atoms with E-state index in [1.807, 2.05) is 26.0 Å². The average Bonchev–Trinajstić information content (AvgIpc) is 3.57. The van der Waals surface area contributed by atoms with Crippen LogP contribution in [0.3, 0.4) is 0 Å². The van der Waals surface area contributed by atoms with Crippen molar-refractivity contribution in [3.63, 3.8) is 0 Å². The van der Waals surface area contributed by atoms with Gasteiger partial charge in [-0.15, -0.1) is 0 Å². The molecule has 2 aromatic rings. The molecule has 2 saturated heterocycles. The maximum Gasteiger partial charge on any atom is 0.407 e. The fraction of sp³-hybridized carbons (Fsp3) is 0.552. The summed E-state index contributed by atoms with van der Waals surface area (Å²) in [6, 6.07) is 12.5. The maximum atomic E-state index is 13.6. The number of carbonyl (C=O) groups excluding carboxylic acids is 1. The van der Waals surface area contributed by atoms with Gasteiger partial charge in [0.05, 0.1) is 50.4 Å². The van der Waals surface area contributed by atoms with Crippen LogP contribution in [-0.2, 0) is 30.7 Å². The Kier molecular flexibility index (Phi) is 10.5. The lowest BCUT2D eigenvalue weighted by Gasteiger charge is -2.31. The van der Waals surface area contributed by atoms with Crippen LogP contribution in [0.15, 0.2) is 53.4 Å². The molecule has 2 fully saturated rings. The first kappa shape index (κ1) is 31.0. The molecule has 0 aliphatic carbocycles. The summed E-state index contributed by atoms with van der Waals surface area (Å²) < 4.78 is 55.7. The Labute approximate surface area is 241 Å². The number of aliphatic hydroxyl groups is 1. The number of alkyl carbamates (subject to hydrolysis) is 1. The molecule has 5 atom stereocenters. The number of sulfonamides is 1. The van der Waals surface area contributed by atoms with Crippen LogP contribution in [0, 0.1) is 11.8 Å². The fourth-order valence-corrected chi connectivity index (χ4v) is 6.70. The predicted molar refractivity (Wildman–Crippen MR) is 150 cm³/mol. The van der Waals surface area contributed by atoms with E-state index in [1.54, 1.807) is 31.4 Å². The quantitative estimate of drug-likeness (QED) is 0.360. The molecule has 226 valence electrons. The molecule has 0 aromatic heterocycles. The topological polar surface area (TPSA) is 133 Å². The molecule has 2 aliphatic rings. The number of carbonyl (C=O) groups is 1. The number of hydrogen-bond donors (Lipinski definition) is 2. The smallest absolute Gasteiger partial charge is 0.407 e. The monoisotopic (exact) mass is 592 g/mol. The molecule has 11 nitrogen and oxygen atoms in total. The number of fused-ring (bicyclic) bond motifs is 1. The van der Waals surface area contributed by atoms with Crippen LogP contribution in [0.2, 0.25) is 0 Å². The Morgan fingerprint density at radius 1 is 1.02 bits per heavy atom. The minimum Gasteiger partial charge on any atom is -0.497 e. The van der Waals surface area contributed by atoms with Crippen LogP contribution >= 0.6 is 0 Å². The highest BCUT2D eigenvalue weighted by Crippen LogP contribution is 2.33. The third kappa shape index (κ3) is 7.89. The number of benzene rings is 2. The molecule has 0 radical (unpaired) electrons. The van der Waals surface area contributed by atoms with Crippen molar-refractivity contribution in [2.75, 3.05) is 40.5 Å². The summed E-state index contributed by atoms with van der Waals surface area (Å²) in [6.07, 6.45) is -1.84. The number of nitrogens with zero attached hydrogens (tertiary/aromatic N) is 1. The van der Waals surface area contributed by atoms with Gasteiger partial charge < -0.3 is 34.1 Å². The zero-order valence-electron chi connectivity index (χ0n) is 23.9. The highest BCUT2D eigenvalue weighted by atomic mass is 32.2. The van der Waals surface area contributed by atoms with Crippen LogP contribution < -0.4 is 14.8 Å². The lowest BCUT2D eigenvalue weighted by Crippen LogP contribution is -2.51. The molecule has 41 heavy (non-hydrogen) atoms. The summed E-state index contributed by atoms with van der Waals surface area (Å²) in [5, 5.41) is 14.2. The van der Waals surface area contributed by atoms with Crippen molar-refractivity contribution < 1.29 is 42.0 Å². The van der Waals surface area contributed by atoms with Crippen molar-refractivity contribution in [1.82, 2.24) is 9.62 Å². The second-order valence-electron chi connectivity index (χ2n) is 10.7. The van der Waals surface area contributed by atoms with Gasteiger partial charge in [0.15, 0.2) is 6.29 Å². The number of aliphatic hydroxyl groups excluding tert-OH is 1. The van der Waals surface area contributed by atoms with Crippen LogP contribution in [0.5, 0.6) is 11.5 Å². The second kappa shape index (κ2) is 13.8. The summed E-state index contributed by atoms with van der Waals surface area (Å²) in [5.74, 6) is 1.14. The Morgan fingerprint density at radius 3 is 2.27 bits per heavy atom. The molecule has 2 heterocycles. The average molecular weight is 593 g/mol. The van der Waals surface area contributed by atoms with E-state index in [9.17, 15) is 18.3 Å². The number of ether oxygens (including phenoxy) is 5. The van der Waals surface area contributed by atoms with Crippen molar-refractivity contribution in [3.05, 3.63) is 54.1 Å². The van der Waals surface area contributed by atoms with Crippen molar-refractivity contribution in [1.29, 1.82) is 0 Å². The lowest BCUT2D eigenvalue weighted by atomic mass is 10.0. The van der Waals surface area contributed by atoms with Gasteiger partial charge in [-0.2, -0.15) is 4.31 Å². The highest BCUT2D eigenvalue weighted by Gasteiger charge is 2.44. The molecule has 12 heteroatoms. The van der Waals surface area contributed by atoms with E-state index < -0.39 is 34.4 Å². The van der Waals surface area contributed by atoms with Gasteiger partial charge in [-0.25, -0.2) is 13.2 Å². The van der Waals surface area contributed by atoms with E-state index >= 15 is 0 Å².